The van der Waals surface area contributed by atoms with Gasteiger partial charge in [-0.05, 0) is 49.2 Å². The molecule has 12 heteroatoms. The molecule has 0 aromatic heterocycles. The molecule has 3 aliphatic rings. The molecule has 0 unspecified atom stereocenters. The number of rotatable bonds is 10. The first-order chi connectivity index (χ1) is 20.5. The molecule has 5 rings (SSSR count). The van der Waals surface area contributed by atoms with Crippen LogP contribution in [0.25, 0.3) is 0 Å². The van der Waals surface area contributed by atoms with Gasteiger partial charge in [0.1, 0.15) is 0 Å². The number of piperazine rings is 1. The molecule has 0 aliphatic carbocycles. The molecule has 12 nitrogen and oxygen atoms in total. The molecular weight excluding hydrogens is 544 g/mol. The van der Waals surface area contributed by atoms with Crippen molar-refractivity contribution in [3.8, 4) is 35.1 Å². The molecule has 0 spiro atoms. The monoisotopic (exact) mass is 576 g/mol. The van der Waals surface area contributed by atoms with E-state index in [1.807, 2.05) is 12.1 Å². The minimum absolute atomic E-state index is 0.101. The molecule has 2 aromatic rings. The van der Waals surface area contributed by atoms with E-state index in [2.05, 4.69) is 21.9 Å². The predicted octanol–water partition coefficient (Wildman–Crippen LogP) is 2.95. The van der Waals surface area contributed by atoms with Crippen molar-refractivity contribution in [2.75, 3.05) is 53.0 Å². The van der Waals surface area contributed by atoms with Gasteiger partial charge in [-0.1, -0.05) is 12.1 Å². The normalized spacial score (nSPS) is 18.7. The first-order valence-corrected chi connectivity index (χ1v) is 13.9. The highest BCUT2D eigenvalue weighted by Gasteiger charge is 2.41. The van der Waals surface area contributed by atoms with Crippen LogP contribution in [0.5, 0.6) is 23.0 Å². The Bertz CT molecular complexity index is 1290. The van der Waals surface area contributed by atoms with E-state index in [4.69, 9.17) is 28.4 Å². The third kappa shape index (κ3) is 5.77. The molecule has 0 saturated carbocycles. The van der Waals surface area contributed by atoms with Crippen LogP contribution in [0, 0.1) is 34.5 Å². The second-order valence-corrected chi connectivity index (χ2v) is 9.90. The average Bonchev–Trinajstić information content (AvgIpc) is 3.67. The SMILES string of the molecule is CCOC(=O)[C@@H](C#N)[C@@H](c1ccc2c(c1)OCO2)N1CCN([C@@H](c2ccc3c(c2)OCO3)[C@@H](C#N)C(=O)OCC)CC1. The lowest BCUT2D eigenvalue weighted by atomic mass is 9.89. The molecule has 3 aliphatic heterocycles. The Morgan fingerprint density at radius 2 is 1.10 bits per heavy atom. The van der Waals surface area contributed by atoms with E-state index in [0.29, 0.717) is 49.2 Å². The van der Waals surface area contributed by atoms with Crippen LogP contribution in [0.15, 0.2) is 36.4 Å². The maximum Gasteiger partial charge on any atom is 0.325 e. The number of benzene rings is 2. The van der Waals surface area contributed by atoms with Crippen molar-refractivity contribution in [1.29, 1.82) is 10.5 Å². The summed E-state index contributed by atoms with van der Waals surface area (Å²) in [6.45, 7) is 5.68. The van der Waals surface area contributed by atoms with Crippen LogP contribution >= 0.6 is 0 Å². The van der Waals surface area contributed by atoms with Gasteiger partial charge in [-0.2, -0.15) is 10.5 Å². The summed E-state index contributed by atoms with van der Waals surface area (Å²) < 4.78 is 32.6. The van der Waals surface area contributed by atoms with Crippen molar-refractivity contribution >= 4 is 11.9 Å². The third-order valence-electron chi connectivity index (χ3n) is 7.60. The molecule has 0 radical (unpaired) electrons. The Labute approximate surface area is 243 Å². The van der Waals surface area contributed by atoms with E-state index in [0.717, 1.165) is 11.1 Å². The fourth-order valence-corrected chi connectivity index (χ4v) is 5.68. The van der Waals surface area contributed by atoms with Gasteiger partial charge in [0.05, 0.1) is 37.4 Å². The van der Waals surface area contributed by atoms with E-state index in [1.165, 1.54) is 0 Å². The van der Waals surface area contributed by atoms with Gasteiger partial charge in [-0.3, -0.25) is 19.4 Å². The Morgan fingerprint density at radius 1 is 0.714 bits per heavy atom. The number of nitrogens with zero attached hydrogens (tertiary/aromatic N) is 4. The smallest absolute Gasteiger partial charge is 0.325 e. The van der Waals surface area contributed by atoms with E-state index < -0.39 is 35.9 Å². The van der Waals surface area contributed by atoms with Gasteiger partial charge in [0, 0.05) is 26.2 Å². The molecule has 2 aromatic carbocycles. The summed E-state index contributed by atoms with van der Waals surface area (Å²) >= 11 is 0. The lowest BCUT2D eigenvalue weighted by Gasteiger charge is -2.43. The number of esters is 2. The van der Waals surface area contributed by atoms with Gasteiger partial charge in [0.2, 0.25) is 13.6 Å². The van der Waals surface area contributed by atoms with Crippen LogP contribution < -0.4 is 18.9 Å². The van der Waals surface area contributed by atoms with Gasteiger partial charge in [-0.25, -0.2) is 0 Å². The highest BCUT2D eigenvalue weighted by Crippen LogP contribution is 2.41. The fraction of sp³-hybridized carbons (Fsp3) is 0.467. The van der Waals surface area contributed by atoms with Crippen LogP contribution in [0.1, 0.15) is 37.1 Å². The summed E-state index contributed by atoms with van der Waals surface area (Å²) in [7, 11) is 0. The zero-order valence-electron chi connectivity index (χ0n) is 23.5. The third-order valence-corrected chi connectivity index (χ3v) is 7.60. The molecule has 1 saturated heterocycles. The lowest BCUT2D eigenvalue weighted by molar-refractivity contribution is -0.150. The Morgan fingerprint density at radius 3 is 1.45 bits per heavy atom. The van der Waals surface area contributed by atoms with Gasteiger partial charge in [-0.15, -0.1) is 0 Å². The van der Waals surface area contributed by atoms with E-state index in [9.17, 15) is 20.1 Å². The molecule has 3 heterocycles. The van der Waals surface area contributed by atoms with Crippen molar-refractivity contribution in [1.82, 2.24) is 9.80 Å². The molecule has 1 fully saturated rings. The van der Waals surface area contributed by atoms with Gasteiger partial charge in [0.15, 0.2) is 34.8 Å². The number of hydrogen-bond acceptors (Lipinski definition) is 12. The van der Waals surface area contributed by atoms with E-state index in [1.54, 1.807) is 38.1 Å². The van der Waals surface area contributed by atoms with E-state index >= 15 is 0 Å². The standard InChI is InChI=1S/C30H32N4O8/c1-3-37-29(35)21(15-31)27(19-5-7-23-25(13-19)41-17-39-23)33-9-11-34(12-10-33)28(22(16-32)30(36)38-4-2)20-6-8-24-26(14-20)42-18-40-24/h5-8,13-14,21-22,27-28H,3-4,9-12,17-18H2,1-2H3/t21-,22+,27+,28-. The fourth-order valence-electron chi connectivity index (χ4n) is 5.68. The average molecular weight is 577 g/mol. The molecule has 0 amide bonds. The molecule has 0 bridgehead atoms. The van der Waals surface area contributed by atoms with Crippen LogP contribution in [-0.4, -0.2) is 74.7 Å². The minimum atomic E-state index is -1.09. The summed E-state index contributed by atoms with van der Waals surface area (Å²) in [5.74, 6) is -1.09. The van der Waals surface area contributed by atoms with Crippen LogP contribution in [-0.2, 0) is 19.1 Å². The second-order valence-electron chi connectivity index (χ2n) is 9.90. The quantitative estimate of drug-likeness (QED) is 0.384. The molecule has 42 heavy (non-hydrogen) atoms. The molecule has 220 valence electrons. The van der Waals surface area contributed by atoms with Crippen molar-refractivity contribution < 1.29 is 38.0 Å². The zero-order chi connectivity index (χ0) is 29.6. The maximum atomic E-state index is 12.9. The topological polar surface area (TPSA) is 144 Å². The highest BCUT2D eigenvalue weighted by atomic mass is 16.7. The van der Waals surface area contributed by atoms with Gasteiger partial charge in [0.25, 0.3) is 0 Å². The van der Waals surface area contributed by atoms with Crippen molar-refractivity contribution in [2.45, 2.75) is 25.9 Å². The van der Waals surface area contributed by atoms with Crippen LogP contribution in [0.4, 0.5) is 0 Å². The van der Waals surface area contributed by atoms with E-state index in [-0.39, 0.29) is 26.8 Å². The largest absolute Gasteiger partial charge is 0.465 e. The predicted molar refractivity (Wildman–Crippen MR) is 145 cm³/mol. The summed E-state index contributed by atoms with van der Waals surface area (Å²) in [6, 6.07) is 13.9. The Balaban J connectivity index is 1.43. The van der Waals surface area contributed by atoms with Gasteiger partial charge < -0.3 is 28.4 Å². The number of hydrogen-bond donors (Lipinski definition) is 0. The van der Waals surface area contributed by atoms with Crippen LogP contribution in [0.2, 0.25) is 0 Å². The zero-order valence-corrected chi connectivity index (χ0v) is 23.5. The molecule has 4 atom stereocenters. The highest BCUT2D eigenvalue weighted by molar-refractivity contribution is 5.77. The number of carbonyl (C=O) groups is 2. The first kappa shape index (κ1) is 29.0. The van der Waals surface area contributed by atoms with Crippen molar-refractivity contribution in [3.63, 3.8) is 0 Å². The minimum Gasteiger partial charge on any atom is -0.465 e. The van der Waals surface area contributed by atoms with Crippen molar-refractivity contribution in [3.05, 3.63) is 47.5 Å². The molecular formula is C30H32N4O8. The summed E-state index contributed by atoms with van der Waals surface area (Å²) in [6.07, 6.45) is 0. The maximum absolute atomic E-state index is 12.9. The number of ether oxygens (including phenoxy) is 6. The lowest BCUT2D eigenvalue weighted by Crippen LogP contribution is -2.52. The number of nitriles is 2. The summed E-state index contributed by atoms with van der Waals surface area (Å²) in [5.41, 5.74) is 1.45. The molecule has 0 N–H and O–H groups in total. The number of fused-ring (bicyclic) bond motifs is 2. The van der Waals surface area contributed by atoms with Crippen molar-refractivity contribution in [2.24, 2.45) is 11.8 Å². The van der Waals surface area contributed by atoms with Crippen LogP contribution in [0.3, 0.4) is 0 Å². The Kier molecular flexibility index (Phi) is 8.96. The second kappa shape index (κ2) is 13.0. The first-order valence-electron chi connectivity index (χ1n) is 13.9. The summed E-state index contributed by atoms with van der Waals surface area (Å²) in [5, 5.41) is 20.2. The number of carbonyl (C=O) groups excluding carboxylic acids is 2. The van der Waals surface area contributed by atoms with Gasteiger partial charge >= 0.3 is 11.9 Å². The Hall–Kier alpha value is -4.52. The summed E-state index contributed by atoms with van der Waals surface area (Å²) in [4.78, 5) is 30.0.